The molecule has 0 saturated carbocycles. The molecule has 0 aromatic rings. The molecule has 4 rings (SSSR count). The molecule has 1 fully saturated rings. The van der Waals surface area contributed by atoms with Crippen LogP contribution >= 0.6 is 0 Å². The summed E-state index contributed by atoms with van der Waals surface area (Å²) in [5, 5.41) is 9.03. The number of piperazine rings is 1. The zero-order chi connectivity index (χ0) is 16.6. The molecule has 1 unspecified atom stereocenters. The third-order valence-electron chi connectivity index (χ3n) is 5.36. The quantitative estimate of drug-likeness (QED) is 0.694. The summed E-state index contributed by atoms with van der Waals surface area (Å²) in [6, 6.07) is 2.16. The summed E-state index contributed by atoms with van der Waals surface area (Å²) in [4.78, 5) is 14.1. The van der Waals surface area contributed by atoms with Gasteiger partial charge < -0.3 is 9.80 Å². The molecule has 3 aliphatic heterocycles. The summed E-state index contributed by atoms with van der Waals surface area (Å²) in [6.45, 7) is 4.91. The molecule has 122 valence electrons. The van der Waals surface area contributed by atoms with Gasteiger partial charge in [-0.1, -0.05) is 6.08 Å². The first-order chi connectivity index (χ1) is 11.7. The number of nitriles is 1. The van der Waals surface area contributed by atoms with Crippen LogP contribution in [0.25, 0.3) is 0 Å². The number of likely N-dealkylation sites (N-methyl/N-ethyl adjacent to an activating group) is 1. The lowest BCUT2D eigenvalue weighted by Gasteiger charge is -2.38. The minimum Gasteiger partial charge on any atom is -0.369 e. The summed E-state index contributed by atoms with van der Waals surface area (Å²) in [5.74, 6) is 0. The van der Waals surface area contributed by atoms with Gasteiger partial charge in [0.05, 0.1) is 23.7 Å². The average Bonchev–Trinajstić information content (AvgIpc) is 2.91. The molecule has 0 amide bonds. The van der Waals surface area contributed by atoms with Gasteiger partial charge >= 0.3 is 0 Å². The highest BCUT2D eigenvalue weighted by Crippen LogP contribution is 2.45. The van der Waals surface area contributed by atoms with Crippen LogP contribution in [0.4, 0.5) is 0 Å². The molecule has 0 aromatic carbocycles. The molecular formula is C19H21N5. The molecule has 0 radical (unpaired) electrons. The largest absolute Gasteiger partial charge is 0.369 e. The van der Waals surface area contributed by atoms with Crippen LogP contribution in [0.5, 0.6) is 0 Å². The van der Waals surface area contributed by atoms with Gasteiger partial charge in [-0.15, -0.1) is 0 Å². The first-order valence-corrected chi connectivity index (χ1v) is 8.42. The van der Waals surface area contributed by atoms with Crippen molar-refractivity contribution in [2.75, 3.05) is 39.8 Å². The fourth-order valence-electron chi connectivity index (χ4n) is 3.98. The Morgan fingerprint density at radius 1 is 1.21 bits per heavy atom. The predicted octanol–water partition coefficient (Wildman–Crippen LogP) is 1.94. The number of rotatable bonds is 1. The highest BCUT2D eigenvalue weighted by atomic mass is 15.3. The summed E-state index contributed by atoms with van der Waals surface area (Å²) in [7, 11) is 2.17. The third kappa shape index (κ3) is 2.35. The predicted molar refractivity (Wildman–Crippen MR) is 95.9 cm³/mol. The lowest BCUT2D eigenvalue weighted by molar-refractivity contribution is 0.188. The molecule has 3 heterocycles. The maximum atomic E-state index is 9.03. The fourth-order valence-corrected chi connectivity index (χ4v) is 3.98. The van der Waals surface area contributed by atoms with Crippen molar-refractivity contribution in [2.45, 2.75) is 6.42 Å². The summed E-state index contributed by atoms with van der Waals surface area (Å²) in [5.41, 5.74) is 4.41. The van der Waals surface area contributed by atoms with E-state index in [9.17, 15) is 0 Å². The molecule has 4 aliphatic rings. The van der Waals surface area contributed by atoms with Crippen molar-refractivity contribution >= 4 is 11.9 Å². The van der Waals surface area contributed by atoms with Gasteiger partial charge in [-0.2, -0.15) is 5.26 Å². The molecule has 5 heteroatoms. The van der Waals surface area contributed by atoms with Crippen LogP contribution in [0, 0.1) is 16.7 Å². The molecule has 1 saturated heterocycles. The molecule has 24 heavy (non-hydrogen) atoms. The smallest absolute Gasteiger partial charge is 0.0914 e. The van der Waals surface area contributed by atoms with Crippen LogP contribution in [-0.2, 0) is 0 Å². The highest BCUT2D eigenvalue weighted by molar-refractivity contribution is 6.10. The zero-order valence-electron chi connectivity index (χ0n) is 13.9. The van der Waals surface area contributed by atoms with Crippen molar-refractivity contribution < 1.29 is 0 Å². The van der Waals surface area contributed by atoms with E-state index in [4.69, 9.17) is 10.3 Å². The van der Waals surface area contributed by atoms with Gasteiger partial charge in [-0.3, -0.25) is 9.98 Å². The van der Waals surface area contributed by atoms with E-state index >= 15 is 0 Å². The first-order valence-electron chi connectivity index (χ1n) is 8.42. The van der Waals surface area contributed by atoms with Crippen molar-refractivity contribution in [3.05, 3.63) is 47.3 Å². The Hall–Kier alpha value is -2.45. The molecule has 1 atom stereocenters. The van der Waals surface area contributed by atoms with Crippen molar-refractivity contribution in [2.24, 2.45) is 15.4 Å². The molecule has 0 bridgehead atoms. The lowest BCUT2D eigenvalue weighted by atomic mass is 9.69. The van der Waals surface area contributed by atoms with Gasteiger partial charge in [0.2, 0.25) is 0 Å². The second kappa shape index (κ2) is 5.88. The minimum atomic E-state index is -0.209. The van der Waals surface area contributed by atoms with Crippen LogP contribution in [0.15, 0.2) is 57.3 Å². The Morgan fingerprint density at radius 2 is 2.04 bits per heavy atom. The molecule has 1 aliphatic carbocycles. The van der Waals surface area contributed by atoms with E-state index in [1.54, 1.807) is 6.08 Å². The molecule has 0 aromatic heterocycles. The number of hydrogen-bond donors (Lipinski definition) is 0. The Kier molecular flexibility index (Phi) is 3.70. The molecular weight excluding hydrogens is 298 g/mol. The monoisotopic (exact) mass is 319 g/mol. The molecule has 1 spiro atoms. The summed E-state index contributed by atoms with van der Waals surface area (Å²) >= 11 is 0. The minimum absolute atomic E-state index is 0.209. The van der Waals surface area contributed by atoms with Crippen LogP contribution in [-0.4, -0.2) is 61.5 Å². The van der Waals surface area contributed by atoms with Gasteiger partial charge in [-0.25, -0.2) is 0 Å². The topological polar surface area (TPSA) is 55.0 Å². The maximum Gasteiger partial charge on any atom is 0.0914 e. The zero-order valence-corrected chi connectivity index (χ0v) is 13.9. The standard InChI is InChI=1S/C19H21N5/c1-23-8-10-24(11-9-23)17-5-7-22-18-3-2-15(4-6-20)12-19(18)14-21-13-16(17)19/h2-5,7,13H,8-12,14H2,1H3. The molecule has 0 N–H and O–H groups in total. The highest BCUT2D eigenvalue weighted by Gasteiger charge is 2.45. The van der Waals surface area contributed by atoms with E-state index in [1.165, 1.54) is 11.3 Å². The van der Waals surface area contributed by atoms with Crippen molar-refractivity contribution in [3.63, 3.8) is 0 Å². The van der Waals surface area contributed by atoms with E-state index in [-0.39, 0.29) is 5.41 Å². The van der Waals surface area contributed by atoms with E-state index in [0.717, 1.165) is 43.9 Å². The number of aliphatic imine (C=N–C) groups is 2. The van der Waals surface area contributed by atoms with Gasteiger partial charge in [0, 0.05) is 55.9 Å². The van der Waals surface area contributed by atoms with E-state index < -0.39 is 0 Å². The fraction of sp³-hybridized carbons (Fsp3) is 0.421. The Balaban J connectivity index is 1.78. The van der Waals surface area contributed by atoms with Crippen LogP contribution in [0.3, 0.4) is 0 Å². The van der Waals surface area contributed by atoms with Gasteiger partial charge in [-0.05, 0) is 31.2 Å². The number of hydrogen-bond acceptors (Lipinski definition) is 5. The lowest BCUT2D eigenvalue weighted by Crippen LogP contribution is -2.45. The second-order valence-corrected chi connectivity index (χ2v) is 6.83. The van der Waals surface area contributed by atoms with Crippen molar-refractivity contribution in [1.29, 1.82) is 5.26 Å². The number of allylic oxidation sites excluding steroid dienone is 5. The Bertz CT molecular complexity index is 766. The average molecular weight is 319 g/mol. The van der Waals surface area contributed by atoms with Gasteiger partial charge in [0.15, 0.2) is 0 Å². The van der Waals surface area contributed by atoms with Crippen LogP contribution in [0.2, 0.25) is 0 Å². The maximum absolute atomic E-state index is 9.03. The first kappa shape index (κ1) is 15.1. The van der Waals surface area contributed by atoms with E-state index in [2.05, 4.69) is 40.1 Å². The van der Waals surface area contributed by atoms with Crippen molar-refractivity contribution in [1.82, 2.24) is 9.80 Å². The van der Waals surface area contributed by atoms with Gasteiger partial charge in [0.25, 0.3) is 0 Å². The second-order valence-electron chi connectivity index (χ2n) is 6.83. The molecule has 5 nitrogen and oxygen atoms in total. The van der Waals surface area contributed by atoms with Crippen LogP contribution in [0.1, 0.15) is 6.42 Å². The summed E-state index contributed by atoms with van der Waals surface area (Å²) in [6.07, 6.45) is 12.6. The number of nitrogens with zero attached hydrogens (tertiary/aromatic N) is 5. The Morgan fingerprint density at radius 3 is 2.83 bits per heavy atom. The summed E-state index contributed by atoms with van der Waals surface area (Å²) < 4.78 is 0. The van der Waals surface area contributed by atoms with Gasteiger partial charge in [0.1, 0.15) is 0 Å². The SMILES string of the molecule is CN1CCN(C2=C3C=NCC34CC(=CC#N)C=CC4=NC=C2)CC1. The third-order valence-corrected chi connectivity index (χ3v) is 5.36. The van der Waals surface area contributed by atoms with E-state index in [1.807, 2.05) is 18.5 Å². The van der Waals surface area contributed by atoms with Crippen molar-refractivity contribution in [3.8, 4) is 6.07 Å². The Labute approximate surface area is 142 Å². The van der Waals surface area contributed by atoms with E-state index in [0.29, 0.717) is 6.54 Å². The normalized spacial score (nSPS) is 30.9. The van der Waals surface area contributed by atoms with Crippen LogP contribution < -0.4 is 0 Å².